The molecule has 0 aliphatic heterocycles. The van der Waals surface area contributed by atoms with Crippen LogP contribution < -0.4 is 0 Å². The first-order valence-electron chi connectivity index (χ1n) is 5.94. The topological polar surface area (TPSA) is 26.3 Å². The molecule has 0 spiro atoms. The van der Waals surface area contributed by atoms with E-state index in [1.165, 1.54) is 6.42 Å². The Kier molecular flexibility index (Phi) is 9.38. The summed E-state index contributed by atoms with van der Waals surface area (Å²) in [6.07, 6.45) is 2.60. The Labute approximate surface area is 98.6 Å². The molecule has 16 heavy (non-hydrogen) atoms. The molecule has 0 heterocycles. The third kappa shape index (κ3) is 8.04. The van der Waals surface area contributed by atoms with Crippen molar-refractivity contribution in [1.82, 2.24) is 0 Å². The molecule has 0 aliphatic rings. The van der Waals surface area contributed by atoms with Gasteiger partial charge in [-0.3, -0.25) is 4.79 Å². The molecule has 2 nitrogen and oxygen atoms in total. The smallest absolute Gasteiger partial charge is 0.306 e. The van der Waals surface area contributed by atoms with E-state index in [-0.39, 0.29) is 5.97 Å². The molecule has 0 aromatic heterocycles. The standard InChI is InChI=1S/C11H14O2.C3H8/c1-2-6-11(12)13-9-10-7-4-3-5-8-10;1-3-2/h3-5,7-8H,2,6,9H2,1H3;3H2,1-2H3. The van der Waals surface area contributed by atoms with Gasteiger partial charge in [0.15, 0.2) is 0 Å². The van der Waals surface area contributed by atoms with Gasteiger partial charge in [-0.2, -0.15) is 0 Å². The zero-order valence-corrected chi connectivity index (χ0v) is 10.5. The van der Waals surface area contributed by atoms with E-state index in [2.05, 4.69) is 13.8 Å². The lowest BCUT2D eigenvalue weighted by Crippen LogP contribution is -2.03. The fraction of sp³-hybridized carbons (Fsp3) is 0.500. The molecule has 0 N–H and O–H groups in total. The van der Waals surface area contributed by atoms with Crippen LogP contribution in [0.5, 0.6) is 0 Å². The summed E-state index contributed by atoms with van der Waals surface area (Å²) >= 11 is 0. The molecule has 1 aromatic carbocycles. The van der Waals surface area contributed by atoms with Gasteiger partial charge in [0.05, 0.1) is 0 Å². The van der Waals surface area contributed by atoms with Crippen molar-refractivity contribution in [2.24, 2.45) is 0 Å². The van der Waals surface area contributed by atoms with Crippen molar-refractivity contribution < 1.29 is 9.53 Å². The van der Waals surface area contributed by atoms with Gasteiger partial charge in [-0.05, 0) is 12.0 Å². The molecule has 2 heteroatoms. The van der Waals surface area contributed by atoms with Crippen molar-refractivity contribution in [2.45, 2.75) is 46.6 Å². The van der Waals surface area contributed by atoms with Gasteiger partial charge in [0, 0.05) is 6.42 Å². The van der Waals surface area contributed by atoms with Crippen LogP contribution in [0.2, 0.25) is 0 Å². The molecular weight excluding hydrogens is 200 g/mol. The number of hydrogen-bond donors (Lipinski definition) is 0. The van der Waals surface area contributed by atoms with E-state index < -0.39 is 0 Å². The third-order valence-electron chi connectivity index (χ3n) is 1.70. The first-order valence-corrected chi connectivity index (χ1v) is 5.94. The van der Waals surface area contributed by atoms with Crippen molar-refractivity contribution in [2.75, 3.05) is 0 Å². The third-order valence-corrected chi connectivity index (χ3v) is 1.70. The largest absolute Gasteiger partial charge is 0.461 e. The summed E-state index contributed by atoms with van der Waals surface area (Å²) in [5, 5.41) is 0. The minimum Gasteiger partial charge on any atom is -0.461 e. The Morgan fingerprint density at radius 2 is 1.69 bits per heavy atom. The van der Waals surface area contributed by atoms with Gasteiger partial charge in [-0.1, -0.05) is 57.5 Å². The molecule has 0 atom stereocenters. The molecule has 0 saturated heterocycles. The predicted molar refractivity (Wildman–Crippen MR) is 67.1 cm³/mol. The first kappa shape index (κ1) is 14.7. The van der Waals surface area contributed by atoms with Crippen molar-refractivity contribution >= 4 is 5.97 Å². The van der Waals surface area contributed by atoms with Gasteiger partial charge in [-0.25, -0.2) is 0 Å². The summed E-state index contributed by atoms with van der Waals surface area (Å²) in [5.74, 6) is -0.119. The first-order chi connectivity index (χ1) is 7.74. The summed E-state index contributed by atoms with van der Waals surface area (Å²) in [6.45, 7) is 6.60. The van der Waals surface area contributed by atoms with Gasteiger partial charge in [0.25, 0.3) is 0 Å². The molecule has 0 aliphatic carbocycles. The second-order valence-electron chi connectivity index (χ2n) is 3.60. The van der Waals surface area contributed by atoms with Gasteiger partial charge < -0.3 is 4.74 Å². The minimum absolute atomic E-state index is 0.119. The number of esters is 1. The number of benzene rings is 1. The lowest BCUT2D eigenvalue weighted by Gasteiger charge is -2.02. The summed E-state index contributed by atoms with van der Waals surface area (Å²) < 4.78 is 5.03. The number of carbonyl (C=O) groups excluding carboxylic acids is 1. The van der Waals surface area contributed by atoms with Crippen molar-refractivity contribution in [3.05, 3.63) is 35.9 Å². The number of hydrogen-bond acceptors (Lipinski definition) is 2. The molecule has 1 aromatic rings. The fourth-order valence-corrected chi connectivity index (χ4v) is 1.01. The van der Waals surface area contributed by atoms with Crippen LogP contribution in [0.15, 0.2) is 30.3 Å². The average molecular weight is 222 g/mol. The Hall–Kier alpha value is -1.31. The van der Waals surface area contributed by atoms with Gasteiger partial charge in [0.1, 0.15) is 6.61 Å². The lowest BCUT2D eigenvalue weighted by molar-refractivity contribution is -0.144. The van der Waals surface area contributed by atoms with E-state index in [4.69, 9.17) is 4.74 Å². The zero-order chi connectivity index (χ0) is 12.2. The number of carbonyl (C=O) groups is 1. The summed E-state index contributed by atoms with van der Waals surface area (Å²) in [5.41, 5.74) is 1.03. The van der Waals surface area contributed by atoms with E-state index in [9.17, 15) is 4.79 Å². The van der Waals surface area contributed by atoms with E-state index in [0.717, 1.165) is 12.0 Å². The Morgan fingerprint density at radius 1 is 1.12 bits per heavy atom. The maximum Gasteiger partial charge on any atom is 0.306 e. The van der Waals surface area contributed by atoms with E-state index >= 15 is 0 Å². The molecule has 0 bridgehead atoms. The second kappa shape index (κ2) is 10.2. The normalized spacial score (nSPS) is 8.94. The zero-order valence-electron chi connectivity index (χ0n) is 10.5. The van der Waals surface area contributed by atoms with E-state index in [1.807, 2.05) is 37.3 Å². The van der Waals surface area contributed by atoms with Gasteiger partial charge >= 0.3 is 5.97 Å². The van der Waals surface area contributed by atoms with Crippen LogP contribution in [0.4, 0.5) is 0 Å². The maximum atomic E-state index is 11.0. The molecule has 0 fully saturated rings. The Bertz CT molecular complexity index is 267. The van der Waals surface area contributed by atoms with Crippen LogP contribution in [0, 0.1) is 0 Å². The molecular formula is C14H22O2. The van der Waals surface area contributed by atoms with E-state index in [0.29, 0.717) is 13.0 Å². The Morgan fingerprint density at radius 3 is 2.19 bits per heavy atom. The monoisotopic (exact) mass is 222 g/mol. The van der Waals surface area contributed by atoms with Gasteiger partial charge in [0.2, 0.25) is 0 Å². The van der Waals surface area contributed by atoms with Crippen LogP contribution in [0.25, 0.3) is 0 Å². The van der Waals surface area contributed by atoms with Crippen molar-refractivity contribution in [1.29, 1.82) is 0 Å². The summed E-state index contributed by atoms with van der Waals surface area (Å²) in [4.78, 5) is 11.0. The van der Waals surface area contributed by atoms with Gasteiger partial charge in [-0.15, -0.1) is 0 Å². The summed E-state index contributed by atoms with van der Waals surface area (Å²) in [6, 6.07) is 9.70. The van der Waals surface area contributed by atoms with Crippen molar-refractivity contribution in [3.63, 3.8) is 0 Å². The highest BCUT2D eigenvalue weighted by atomic mass is 16.5. The second-order valence-corrected chi connectivity index (χ2v) is 3.60. The highest BCUT2D eigenvalue weighted by Crippen LogP contribution is 2.02. The highest BCUT2D eigenvalue weighted by Gasteiger charge is 2.00. The quantitative estimate of drug-likeness (QED) is 0.721. The molecule has 0 amide bonds. The lowest BCUT2D eigenvalue weighted by atomic mass is 10.2. The van der Waals surface area contributed by atoms with E-state index in [1.54, 1.807) is 0 Å². The Balaban J connectivity index is 0.000000673. The molecule has 0 unspecified atom stereocenters. The number of ether oxygens (including phenoxy) is 1. The SMILES string of the molecule is CCC.CCCC(=O)OCc1ccccc1. The predicted octanol–water partition coefficient (Wildman–Crippen LogP) is 3.95. The molecule has 1 rings (SSSR count). The highest BCUT2D eigenvalue weighted by molar-refractivity contribution is 5.69. The molecule has 0 radical (unpaired) electrons. The minimum atomic E-state index is -0.119. The maximum absolute atomic E-state index is 11.0. The van der Waals surface area contributed by atoms with Crippen LogP contribution in [0.1, 0.15) is 45.6 Å². The van der Waals surface area contributed by atoms with Crippen molar-refractivity contribution in [3.8, 4) is 0 Å². The average Bonchev–Trinajstić information content (AvgIpc) is 2.29. The van der Waals surface area contributed by atoms with Crippen LogP contribution in [-0.2, 0) is 16.1 Å². The fourth-order valence-electron chi connectivity index (χ4n) is 1.01. The molecule has 0 saturated carbocycles. The summed E-state index contributed by atoms with van der Waals surface area (Å²) in [7, 11) is 0. The van der Waals surface area contributed by atoms with Crippen LogP contribution in [0.3, 0.4) is 0 Å². The molecule has 90 valence electrons. The van der Waals surface area contributed by atoms with Crippen LogP contribution in [-0.4, -0.2) is 5.97 Å². The number of rotatable bonds is 4. The van der Waals surface area contributed by atoms with Crippen LogP contribution >= 0.6 is 0 Å².